The highest BCUT2D eigenvalue weighted by Gasteiger charge is 2.13. The number of aromatic nitrogens is 1. The van der Waals surface area contributed by atoms with E-state index >= 15 is 0 Å². The Bertz CT molecular complexity index is 653. The van der Waals surface area contributed by atoms with E-state index in [0.29, 0.717) is 25.5 Å². The second-order valence-electron chi connectivity index (χ2n) is 5.31. The number of nitrogens with zero attached hydrogens (tertiary/aromatic N) is 2. The number of morpholine rings is 1. The molecule has 1 aromatic carbocycles. The van der Waals surface area contributed by atoms with E-state index in [0.717, 1.165) is 24.3 Å². The molecule has 0 radical (unpaired) electrons. The van der Waals surface area contributed by atoms with Gasteiger partial charge in [0.2, 0.25) is 0 Å². The number of hydrogen-bond donors (Lipinski definition) is 1. The van der Waals surface area contributed by atoms with Crippen LogP contribution in [-0.2, 0) is 11.3 Å². The minimum absolute atomic E-state index is 0.247. The number of carbonyl (C=O) groups excluding carboxylic acids is 1. The zero-order chi connectivity index (χ0) is 16.1. The molecular formula is C17H18FN3O2. The number of benzene rings is 1. The maximum absolute atomic E-state index is 12.8. The summed E-state index contributed by atoms with van der Waals surface area (Å²) in [6.45, 7) is 3.42. The number of rotatable bonds is 4. The van der Waals surface area contributed by atoms with Crippen LogP contribution in [0.4, 0.5) is 10.1 Å². The molecule has 0 saturated carbocycles. The third-order valence-corrected chi connectivity index (χ3v) is 3.72. The lowest BCUT2D eigenvalue weighted by Crippen LogP contribution is -2.36. The van der Waals surface area contributed by atoms with E-state index < -0.39 is 0 Å². The summed E-state index contributed by atoms with van der Waals surface area (Å²) in [4.78, 5) is 18.5. The molecule has 2 aromatic rings. The Hall–Kier alpha value is -2.47. The zero-order valence-corrected chi connectivity index (χ0v) is 12.7. The number of nitrogens with one attached hydrogen (secondary N) is 1. The largest absolute Gasteiger partial charge is 0.378 e. The molecular weight excluding hydrogens is 297 g/mol. The van der Waals surface area contributed by atoms with Gasteiger partial charge < -0.3 is 15.0 Å². The van der Waals surface area contributed by atoms with Gasteiger partial charge in [0.05, 0.1) is 25.1 Å². The average Bonchev–Trinajstić information content (AvgIpc) is 2.62. The highest BCUT2D eigenvalue weighted by atomic mass is 19.1. The van der Waals surface area contributed by atoms with Crippen molar-refractivity contribution in [3.05, 3.63) is 59.7 Å². The fraction of sp³-hybridized carbons (Fsp3) is 0.294. The first-order valence-electron chi connectivity index (χ1n) is 7.54. The van der Waals surface area contributed by atoms with E-state index in [-0.39, 0.29) is 11.7 Å². The molecule has 1 saturated heterocycles. The summed E-state index contributed by atoms with van der Waals surface area (Å²) in [6.07, 6.45) is 1.71. The molecule has 1 N–H and O–H groups in total. The predicted octanol–water partition coefficient (Wildman–Crippen LogP) is 1.99. The van der Waals surface area contributed by atoms with Crippen molar-refractivity contribution >= 4 is 11.6 Å². The molecule has 0 unspecified atom stereocenters. The fourth-order valence-electron chi connectivity index (χ4n) is 2.40. The Morgan fingerprint density at radius 3 is 2.57 bits per heavy atom. The molecule has 2 heterocycles. The first kappa shape index (κ1) is 15.4. The highest BCUT2D eigenvalue weighted by molar-refractivity contribution is 5.92. The van der Waals surface area contributed by atoms with Crippen molar-refractivity contribution in [1.82, 2.24) is 10.3 Å². The second-order valence-corrected chi connectivity index (χ2v) is 5.31. The van der Waals surface area contributed by atoms with Gasteiger partial charge in [0, 0.05) is 19.6 Å². The predicted molar refractivity (Wildman–Crippen MR) is 84.8 cm³/mol. The smallest absolute Gasteiger partial charge is 0.270 e. The zero-order valence-electron chi connectivity index (χ0n) is 12.7. The first-order valence-corrected chi connectivity index (χ1v) is 7.54. The van der Waals surface area contributed by atoms with Gasteiger partial charge in [-0.25, -0.2) is 9.37 Å². The Labute approximate surface area is 134 Å². The quantitative estimate of drug-likeness (QED) is 0.937. The normalized spacial score (nSPS) is 14.6. The SMILES string of the molecule is O=C(NCc1ccc(F)cc1)c1ccc(N2CCOCC2)cn1. The number of halogens is 1. The van der Waals surface area contributed by atoms with Crippen molar-refractivity contribution in [2.75, 3.05) is 31.2 Å². The molecule has 1 aliphatic rings. The molecule has 1 fully saturated rings. The van der Waals surface area contributed by atoms with Crippen LogP contribution in [0.25, 0.3) is 0 Å². The summed E-state index contributed by atoms with van der Waals surface area (Å²) in [5.74, 6) is -0.539. The third-order valence-electron chi connectivity index (χ3n) is 3.72. The topological polar surface area (TPSA) is 54.5 Å². The van der Waals surface area contributed by atoms with Crippen molar-refractivity contribution < 1.29 is 13.9 Å². The lowest BCUT2D eigenvalue weighted by atomic mass is 10.2. The third kappa shape index (κ3) is 4.04. The van der Waals surface area contributed by atoms with Crippen molar-refractivity contribution in [1.29, 1.82) is 0 Å². The van der Waals surface area contributed by atoms with E-state index in [4.69, 9.17) is 4.74 Å². The lowest BCUT2D eigenvalue weighted by molar-refractivity contribution is 0.0946. The average molecular weight is 315 g/mol. The first-order chi connectivity index (χ1) is 11.2. The van der Waals surface area contributed by atoms with Gasteiger partial charge in [-0.2, -0.15) is 0 Å². The molecule has 5 nitrogen and oxygen atoms in total. The summed E-state index contributed by atoms with van der Waals surface area (Å²) >= 11 is 0. The molecule has 3 rings (SSSR count). The van der Waals surface area contributed by atoms with Gasteiger partial charge in [-0.15, -0.1) is 0 Å². The van der Waals surface area contributed by atoms with Gasteiger partial charge in [-0.3, -0.25) is 4.79 Å². The van der Waals surface area contributed by atoms with Gasteiger partial charge >= 0.3 is 0 Å². The van der Waals surface area contributed by atoms with E-state index in [9.17, 15) is 9.18 Å². The molecule has 23 heavy (non-hydrogen) atoms. The minimum atomic E-state index is -0.291. The number of pyridine rings is 1. The van der Waals surface area contributed by atoms with Crippen LogP contribution in [0.5, 0.6) is 0 Å². The van der Waals surface area contributed by atoms with Crippen molar-refractivity contribution in [2.45, 2.75) is 6.54 Å². The van der Waals surface area contributed by atoms with E-state index in [2.05, 4.69) is 15.2 Å². The molecule has 6 heteroatoms. The number of amides is 1. The van der Waals surface area contributed by atoms with E-state index in [1.54, 1.807) is 24.4 Å². The van der Waals surface area contributed by atoms with Gasteiger partial charge in [-0.05, 0) is 29.8 Å². The van der Waals surface area contributed by atoms with Crippen LogP contribution in [-0.4, -0.2) is 37.2 Å². The van der Waals surface area contributed by atoms with Crippen LogP contribution in [0.3, 0.4) is 0 Å². The van der Waals surface area contributed by atoms with Crippen molar-refractivity contribution in [2.24, 2.45) is 0 Å². The number of carbonyl (C=O) groups is 1. The minimum Gasteiger partial charge on any atom is -0.378 e. The van der Waals surface area contributed by atoms with Crippen molar-refractivity contribution in [3.8, 4) is 0 Å². The van der Waals surface area contributed by atoms with E-state index in [1.807, 2.05) is 6.07 Å². The number of ether oxygens (including phenoxy) is 1. The molecule has 0 aliphatic carbocycles. The van der Waals surface area contributed by atoms with Gasteiger partial charge in [0.1, 0.15) is 11.5 Å². The summed E-state index contributed by atoms with van der Waals surface area (Å²) < 4.78 is 18.1. The molecule has 120 valence electrons. The number of hydrogen-bond acceptors (Lipinski definition) is 4. The Morgan fingerprint density at radius 1 is 1.17 bits per heavy atom. The summed E-state index contributed by atoms with van der Waals surface area (Å²) in [7, 11) is 0. The Morgan fingerprint density at radius 2 is 1.91 bits per heavy atom. The monoisotopic (exact) mass is 315 g/mol. The standard InChI is InChI=1S/C17H18FN3O2/c18-14-3-1-13(2-4-14)11-20-17(22)16-6-5-15(12-19-16)21-7-9-23-10-8-21/h1-6,12H,7-11H2,(H,20,22). The van der Waals surface area contributed by atoms with E-state index in [1.165, 1.54) is 12.1 Å². The van der Waals surface area contributed by atoms with Gasteiger partial charge in [-0.1, -0.05) is 12.1 Å². The molecule has 1 aliphatic heterocycles. The maximum Gasteiger partial charge on any atom is 0.270 e. The summed E-state index contributed by atoms with van der Waals surface area (Å²) in [5.41, 5.74) is 2.19. The molecule has 1 aromatic heterocycles. The summed E-state index contributed by atoms with van der Waals surface area (Å²) in [5, 5.41) is 2.78. The number of anilines is 1. The Kier molecular flexibility index (Phi) is 4.83. The second kappa shape index (κ2) is 7.19. The van der Waals surface area contributed by atoms with Gasteiger partial charge in [0.15, 0.2) is 0 Å². The van der Waals surface area contributed by atoms with Crippen LogP contribution < -0.4 is 10.2 Å². The van der Waals surface area contributed by atoms with Gasteiger partial charge in [0.25, 0.3) is 5.91 Å². The summed E-state index contributed by atoms with van der Waals surface area (Å²) in [6, 6.07) is 9.64. The van der Waals surface area contributed by atoms with Crippen LogP contribution in [0.1, 0.15) is 16.1 Å². The molecule has 0 spiro atoms. The fourth-order valence-corrected chi connectivity index (χ4v) is 2.40. The van der Waals surface area contributed by atoms with Crippen LogP contribution in [0.2, 0.25) is 0 Å². The molecule has 0 bridgehead atoms. The molecule has 1 amide bonds. The highest BCUT2D eigenvalue weighted by Crippen LogP contribution is 2.14. The molecule has 0 atom stereocenters. The van der Waals surface area contributed by atoms with Crippen LogP contribution in [0.15, 0.2) is 42.6 Å². The maximum atomic E-state index is 12.8. The Balaban J connectivity index is 1.57. The lowest BCUT2D eigenvalue weighted by Gasteiger charge is -2.28. The van der Waals surface area contributed by atoms with Crippen LogP contribution in [0, 0.1) is 5.82 Å². The van der Waals surface area contributed by atoms with Crippen molar-refractivity contribution in [3.63, 3.8) is 0 Å². The van der Waals surface area contributed by atoms with Crippen LogP contribution >= 0.6 is 0 Å².